The molecule has 172 valence electrons. The van der Waals surface area contributed by atoms with Crippen LogP contribution in [-0.2, 0) is 23.7 Å². The standard InChI is InChI=1S/C24H46O5/c1-7-11-12-13-14-15-16-22(20-26-23(25)21(5)6)24(27-17-8-2,28-18-9-3)29-19-10-4/h22H,5,7-20H2,1-4,6H3. The van der Waals surface area contributed by atoms with Crippen LogP contribution in [0.5, 0.6) is 0 Å². The lowest BCUT2D eigenvalue weighted by molar-refractivity contribution is -0.408. The summed E-state index contributed by atoms with van der Waals surface area (Å²) in [7, 11) is 0. The van der Waals surface area contributed by atoms with Crippen LogP contribution in [0, 0.1) is 5.92 Å². The van der Waals surface area contributed by atoms with E-state index in [4.69, 9.17) is 18.9 Å². The van der Waals surface area contributed by atoms with Gasteiger partial charge in [-0.2, -0.15) is 0 Å². The minimum absolute atomic E-state index is 0.179. The molecule has 0 radical (unpaired) electrons. The Kier molecular flexibility index (Phi) is 17.3. The Morgan fingerprint density at radius 1 is 0.793 bits per heavy atom. The Bertz CT molecular complexity index is 400. The van der Waals surface area contributed by atoms with Gasteiger partial charge in [-0.15, -0.1) is 0 Å². The van der Waals surface area contributed by atoms with E-state index in [1.165, 1.54) is 25.7 Å². The molecule has 5 heteroatoms. The summed E-state index contributed by atoms with van der Waals surface area (Å²) in [5.41, 5.74) is 0.396. The van der Waals surface area contributed by atoms with Crippen molar-refractivity contribution < 1.29 is 23.7 Å². The van der Waals surface area contributed by atoms with Gasteiger partial charge in [-0.3, -0.25) is 0 Å². The van der Waals surface area contributed by atoms with Gasteiger partial charge in [0.15, 0.2) is 0 Å². The number of esters is 1. The van der Waals surface area contributed by atoms with Gasteiger partial charge in [0.2, 0.25) is 0 Å². The van der Waals surface area contributed by atoms with Crippen molar-refractivity contribution in [3.05, 3.63) is 12.2 Å². The molecular formula is C24H46O5. The van der Waals surface area contributed by atoms with Crippen molar-refractivity contribution >= 4 is 5.97 Å². The highest BCUT2D eigenvalue weighted by molar-refractivity contribution is 5.86. The van der Waals surface area contributed by atoms with Crippen LogP contribution in [0.4, 0.5) is 0 Å². The highest BCUT2D eigenvalue weighted by Gasteiger charge is 2.43. The maximum absolute atomic E-state index is 12.0. The van der Waals surface area contributed by atoms with Gasteiger partial charge in [0.1, 0.15) is 6.61 Å². The molecule has 0 aliphatic rings. The van der Waals surface area contributed by atoms with E-state index in [2.05, 4.69) is 34.3 Å². The molecule has 0 bridgehead atoms. The number of hydrogen-bond donors (Lipinski definition) is 0. The molecule has 0 aromatic rings. The smallest absolute Gasteiger partial charge is 0.333 e. The Morgan fingerprint density at radius 2 is 1.28 bits per heavy atom. The average molecular weight is 415 g/mol. The lowest BCUT2D eigenvalue weighted by Crippen LogP contribution is -2.49. The van der Waals surface area contributed by atoms with Gasteiger partial charge in [0.25, 0.3) is 5.97 Å². The first-order chi connectivity index (χ1) is 14.0. The number of unbranched alkanes of at least 4 members (excludes halogenated alkanes) is 5. The Labute approximate surface area is 179 Å². The SMILES string of the molecule is C=C(C)C(=O)OCC(CCCCCCCC)C(OCCC)(OCCC)OCCC. The summed E-state index contributed by atoms with van der Waals surface area (Å²) in [6.45, 7) is 15.6. The summed E-state index contributed by atoms with van der Waals surface area (Å²) >= 11 is 0. The number of rotatable bonds is 20. The zero-order valence-electron chi connectivity index (χ0n) is 19.7. The van der Waals surface area contributed by atoms with Crippen LogP contribution in [0.2, 0.25) is 0 Å². The van der Waals surface area contributed by atoms with Crippen molar-refractivity contribution in [2.75, 3.05) is 26.4 Å². The van der Waals surface area contributed by atoms with E-state index in [1.54, 1.807) is 6.92 Å². The van der Waals surface area contributed by atoms with Crippen molar-refractivity contribution in [3.63, 3.8) is 0 Å². The predicted molar refractivity (Wildman–Crippen MR) is 119 cm³/mol. The zero-order valence-corrected chi connectivity index (χ0v) is 19.7. The molecule has 1 unspecified atom stereocenters. The van der Waals surface area contributed by atoms with Gasteiger partial charge >= 0.3 is 5.97 Å². The van der Waals surface area contributed by atoms with Crippen molar-refractivity contribution in [1.82, 2.24) is 0 Å². The molecule has 0 aliphatic heterocycles. The quantitative estimate of drug-likeness (QED) is 0.0997. The summed E-state index contributed by atoms with van der Waals surface area (Å²) in [6.07, 6.45) is 10.6. The van der Waals surface area contributed by atoms with Gasteiger partial charge in [-0.05, 0) is 32.6 Å². The van der Waals surface area contributed by atoms with Crippen LogP contribution in [0.15, 0.2) is 12.2 Å². The van der Waals surface area contributed by atoms with Gasteiger partial charge in [0.05, 0.1) is 25.7 Å². The van der Waals surface area contributed by atoms with Gasteiger partial charge in [-0.25, -0.2) is 4.79 Å². The largest absolute Gasteiger partial charge is 0.462 e. The number of carbonyl (C=O) groups excluding carboxylic acids is 1. The predicted octanol–water partition coefficient (Wildman–Crippen LogP) is 6.41. The third kappa shape index (κ3) is 12.4. The first-order valence-electron chi connectivity index (χ1n) is 11.7. The van der Waals surface area contributed by atoms with Crippen LogP contribution in [-0.4, -0.2) is 38.4 Å². The van der Waals surface area contributed by atoms with Crippen LogP contribution >= 0.6 is 0 Å². The van der Waals surface area contributed by atoms with Crippen molar-refractivity contribution in [2.24, 2.45) is 5.92 Å². The fourth-order valence-electron chi connectivity index (χ4n) is 3.04. The third-order valence-electron chi connectivity index (χ3n) is 4.69. The van der Waals surface area contributed by atoms with E-state index in [-0.39, 0.29) is 18.5 Å². The van der Waals surface area contributed by atoms with E-state index in [0.29, 0.717) is 25.4 Å². The summed E-state index contributed by atoms with van der Waals surface area (Å²) in [6, 6.07) is 0. The van der Waals surface area contributed by atoms with Gasteiger partial charge in [-0.1, -0.05) is 72.8 Å². The second-order valence-corrected chi connectivity index (χ2v) is 7.78. The maximum atomic E-state index is 12.0. The molecule has 0 saturated heterocycles. The van der Waals surface area contributed by atoms with E-state index in [0.717, 1.165) is 38.5 Å². The van der Waals surface area contributed by atoms with E-state index >= 15 is 0 Å². The maximum Gasteiger partial charge on any atom is 0.333 e. The highest BCUT2D eigenvalue weighted by atomic mass is 16.9. The van der Waals surface area contributed by atoms with Crippen molar-refractivity contribution in [2.45, 2.75) is 105 Å². The van der Waals surface area contributed by atoms with Crippen LogP contribution < -0.4 is 0 Å². The molecule has 1 atom stereocenters. The highest BCUT2D eigenvalue weighted by Crippen LogP contribution is 2.32. The molecule has 5 nitrogen and oxygen atoms in total. The van der Waals surface area contributed by atoms with Crippen LogP contribution in [0.1, 0.15) is 98.8 Å². The molecule has 0 aliphatic carbocycles. The van der Waals surface area contributed by atoms with Gasteiger partial charge < -0.3 is 18.9 Å². The fraction of sp³-hybridized carbons (Fsp3) is 0.875. The lowest BCUT2D eigenvalue weighted by atomic mass is 9.98. The molecule has 0 saturated carbocycles. The van der Waals surface area contributed by atoms with Crippen molar-refractivity contribution in [1.29, 1.82) is 0 Å². The molecule has 0 amide bonds. The number of hydrogen-bond acceptors (Lipinski definition) is 5. The minimum atomic E-state index is -1.17. The molecular weight excluding hydrogens is 368 g/mol. The summed E-state index contributed by atoms with van der Waals surface area (Å²) < 4.78 is 24.1. The topological polar surface area (TPSA) is 54.0 Å². The zero-order chi connectivity index (χ0) is 22.0. The Morgan fingerprint density at radius 3 is 1.72 bits per heavy atom. The minimum Gasteiger partial charge on any atom is -0.462 e. The first kappa shape index (κ1) is 28.1. The molecule has 0 spiro atoms. The normalized spacial score (nSPS) is 12.7. The lowest BCUT2D eigenvalue weighted by Gasteiger charge is -2.39. The fourth-order valence-corrected chi connectivity index (χ4v) is 3.04. The molecule has 0 fully saturated rings. The average Bonchev–Trinajstić information content (AvgIpc) is 2.72. The Balaban J connectivity index is 5.32. The second kappa shape index (κ2) is 17.9. The molecule has 29 heavy (non-hydrogen) atoms. The first-order valence-corrected chi connectivity index (χ1v) is 11.7. The number of carbonyl (C=O) groups is 1. The molecule has 0 rings (SSSR count). The molecule has 0 aromatic heterocycles. The van der Waals surface area contributed by atoms with E-state index in [1.807, 2.05) is 0 Å². The molecule has 0 heterocycles. The summed E-state index contributed by atoms with van der Waals surface area (Å²) in [5.74, 6) is -1.73. The van der Waals surface area contributed by atoms with E-state index in [9.17, 15) is 4.79 Å². The van der Waals surface area contributed by atoms with E-state index < -0.39 is 5.97 Å². The van der Waals surface area contributed by atoms with Gasteiger partial charge in [0, 0.05) is 5.57 Å². The monoisotopic (exact) mass is 414 g/mol. The molecule has 0 N–H and O–H groups in total. The molecule has 0 aromatic carbocycles. The Hall–Kier alpha value is -0.910. The third-order valence-corrected chi connectivity index (χ3v) is 4.69. The van der Waals surface area contributed by atoms with Crippen LogP contribution in [0.25, 0.3) is 0 Å². The van der Waals surface area contributed by atoms with Crippen molar-refractivity contribution in [3.8, 4) is 0 Å². The summed E-state index contributed by atoms with van der Waals surface area (Å²) in [4.78, 5) is 12.0. The second-order valence-electron chi connectivity index (χ2n) is 7.78. The summed E-state index contributed by atoms with van der Waals surface area (Å²) in [5, 5.41) is 0. The van der Waals surface area contributed by atoms with Crippen LogP contribution in [0.3, 0.4) is 0 Å². The number of ether oxygens (including phenoxy) is 4.